The summed E-state index contributed by atoms with van der Waals surface area (Å²) < 4.78 is 12.1. The molecule has 2 fully saturated rings. The van der Waals surface area contributed by atoms with Gasteiger partial charge in [-0.2, -0.15) is 0 Å². The van der Waals surface area contributed by atoms with Crippen LogP contribution in [-0.2, 0) is 11.3 Å². The number of hydrogen-bond acceptors (Lipinski definition) is 5. The van der Waals surface area contributed by atoms with Crippen LogP contribution < -0.4 is 20.3 Å². The van der Waals surface area contributed by atoms with Crippen molar-refractivity contribution in [3.8, 4) is 11.5 Å². The molecule has 7 heteroatoms. The molecule has 1 amide bonds. The maximum Gasteiger partial charge on any atom is 0.261 e. The van der Waals surface area contributed by atoms with Crippen molar-refractivity contribution in [2.24, 2.45) is 17.8 Å². The van der Waals surface area contributed by atoms with Gasteiger partial charge in [0, 0.05) is 25.1 Å². The molecule has 0 aliphatic heterocycles. The summed E-state index contributed by atoms with van der Waals surface area (Å²) in [5, 5.41) is 3.67. The molecular formula is C23H31N3O4. The quantitative estimate of drug-likeness (QED) is 0.719. The topological polar surface area (TPSA) is 82.5 Å². The number of rotatable bonds is 8. The Balaban J connectivity index is 1.34. The number of carbonyl (C=O) groups excluding carboxylic acids is 1. The highest BCUT2D eigenvalue weighted by molar-refractivity contribution is 5.81. The number of carbonyl (C=O) groups is 1. The van der Waals surface area contributed by atoms with Gasteiger partial charge in [-0.3, -0.25) is 14.2 Å². The smallest absolute Gasteiger partial charge is 0.261 e. The number of methoxy groups -OCH3 is 2. The minimum Gasteiger partial charge on any atom is -0.493 e. The van der Waals surface area contributed by atoms with Crippen LogP contribution in [0.4, 0.5) is 0 Å². The summed E-state index contributed by atoms with van der Waals surface area (Å²) >= 11 is 0. The number of hydrogen-bond donors (Lipinski definition) is 1. The monoisotopic (exact) mass is 413 g/mol. The predicted molar refractivity (Wildman–Crippen MR) is 115 cm³/mol. The molecule has 2 aliphatic rings. The van der Waals surface area contributed by atoms with Crippen molar-refractivity contribution < 1.29 is 14.3 Å². The van der Waals surface area contributed by atoms with E-state index in [0.717, 1.165) is 11.8 Å². The molecule has 4 atom stereocenters. The molecule has 7 nitrogen and oxygen atoms in total. The number of nitrogens with one attached hydrogen (secondary N) is 1. The van der Waals surface area contributed by atoms with Gasteiger partial charge in [-0.05, 0) is 56.4 Å². The molecule has 162 valence electrons. The molecular weight excluding hydrogens is 382 g/mol. The molecule has 1 aromatic heterocycles. The molecule has 1 heterocycles. The third-order valence-electron chi connectivity index (χ3n) is 6.96. The van der Waals surface area contributed by atoms with Crippen LogP contribution in [0.1, 0.15) is 45.4 Å². The van der Waals surface area contributed by atoms with Gasteiger partial charge in [-0.15, -0.1) is 0 Å². The van der Waals surface area contributed by atoms with Crippen LogP contribution in [0.3, 0.4) is 0 Å². The largest absolute Gasteiger partial charge is 0.493 e. The highest BCUT2D eigenvalue weighted by atomic mass is 16.5. The van der Waals surface area contributed by atoms with Crippen LogP contribution in [0.25, 0.3) is 10.9 Å². The summed E-state index contributed by atoms with van der Waals surface area (Å²) in [7, 11) is 3.09. The van der Waals surface area contributed by atoms with E-state index in [-0.39, 0.29) is 17.5 Å². The lowest BCUT2D eigenvalue weighted by Crippen LogP contribution is -2.40. The second-order valence-electron chi connectivity index (χ2n) is 8.77. The number of benzene rings is 1. The highest BCUT2D eigenvalue weighted by Gasteiger charge is 2.42. The molecule has 1 aromatic carbocycles. The zero-order chi connectivity index (χ0) is 21.3. The summed E-state index contributed by atoms with van der Waals surface area (Å²) in [6.45, 7) is 2.59. The zero-order valence-corrected chi connectivity index (χ0v) is 18.0. The van der Waals surface area contributed by atoms with E-state index in [1.807, 2.05) is 0 Å². The minimum atomic E-state index is -0.142. The first-order valence-corrected chi connectivity index (χ1v) is 10.9. The molecule has 0 radical (unpaired) electrons. The number of aromatic nitrogens is 2. The van der Waals surface area contributed by atoms with E-state index in [1.165, 1.54) is 39.1 Å². The van der Waals surface area contributed by atoms with E-state index in [4.69, 9.17) is 9.47 Å². The van der Waals surface area contributed by atoms with E-state index in [2.05, 4.69) is 17.2 Å². The van der Waals surface area contributed by atoms with E-state index in [0.29, 0.717) is 47.7 Å². The number of nitrogens with zero attached hydrogens (tertiary/aromatic N) is 2. The zero-order valence-electron chi connectivity index (χ0n) is 18.0. The Morgan fingerprint density at radius 3 is 2.67 bits per heavy atom. The lowest BCUT2D eigenvalue weighted by Gasteiger charge is -2.28. The normalized spacial score (nSPS) is 23.5. The summed E-state index contributed by atoms with van der Waals surface area (Å²) in [5.74, 6) is 3.41. The van der Waals surface area contributed by atoms with Crippen LogP contribution in [0, 0.1) is 17.8 Å². The molecule has 0 unspecified atom stereocenters. The minimum absolute atomic E-state index is 0.0680. The van der Waals surface area contributed by atoms with Gasteiger partial charge in [0.05, 0.1) is 31.4 Å². The van der Waals surface area contributed by atoms with E-state index in [1.54, 1.807) is 23.8 Å². The molecule has 2 bridgehead atoms. The van der Waals surface area contributed by atoms with Gasteiger partial charge >= 0.3 is 0 Å². The number of aryl methyl sites for hydroxylation is 1. The Morgan fingerprint density at radius 1 is 1.23 bits per heavy atom. The Hall–Kier alpha value is -2.57. The van der Waals surface area contributed by atoms with Gasteiger partial charge in [0.25, 0.3) is 5.56 Å². The van der Waals surface area contributed by atoms with Crippen molar-refractivity contribution in [1.82, 2.24) is 14.9 Å². The Labute approximate surface area is 176 Å². The first-order valence-electron chi connectivity index (χ1n) is 10.9. The van der Waals surface area contributed by atoms with E-state index < -0.39 is 0 Å². The summed E-state index contributed by atoms with van der Waals surface area (Å²) in [6.07, 6.45) is 7.83. The van der Waals surface area contributed by atoms with Crippen molar-refractivity contribution in [3.05, 3.63) is 28.8 Å². The Bertz CT molecular complexity index is 986. The van der Waals surface area contributed by atoms with Crippen LogP contribution in [0.2, 0.25) is 0 Å². The van der Waals surface area contributed by atoms with Crippen molar-refractivity contribution in [1.29, 1.82) is 0 Å². The lowest BCUT2D eigenvalue weighted by atomic mass is 9.84. The first-order chi connectivity index (χ1) is 14.5. The lowest BCUT2D eigenvalue weighted by molar-refractivity contribution is -0.122. The number of ether oxygens (including phenoxy) is 2. The average molecular weight is 414 g/mol. The predicted octanol–water partition coefficient (Wildman–Crippen LogP) is 3.13. The standard InChI is InChI=1S/C23H31N3O4/c1-14(17-10-15-6-7-16(17)9-15)25-22(27)5-4-8-26-13-24-19-12-21(30-3)20(29-2)11-18(19)23(26)28/h11-17H,4-10H2,1-3H3,(H,25,27)/t14-,15+,16+,17+/m1/s1. The van der Waals surface area contributed by atoms with E-state index >= 15 is 0 Å². The molecule has 1 N–H and O–H groups in total. The fourth-order valence-electron chi connectivity index (χ4n) is 5.39. The fourth-order valence-corrected chi connectivity index (χ4v) is 5.39. The number of amides is 1. The van der Waals surface area contributed by atoms with Gasteiger partial charge in [-0.1, -0.05) is 6.42 Å². The van der Waals surface area contributed by atoms with Gasteiger partial charge in [-0.25, -0.2) is 4.98 Å². The maximum atomic E-state index is 12.8. The molecule has 2 saturated carbocycles. The molecule has 0 saturated heterocycles. The molecule has 2 aromatic rings. The SMILES string of the molecule is COc1cc2ncn(CCCC(=O)N[C@H](C)[C@@H]3C[C@H]4CC[C@H]3C4)c(=O)c2cc1OC. The summed E-state index contributed by atoms with van der Waals surface area (Å²) in [4.78, 5) is 29.6. The molecule has 0 spiro atoms. The van der Waals surface area contributed by atoms with Crippen LogP contribution >= 0.6 is 0 Å². The van der Waals surface area contributed by atoms with Crippen molar-refractivity contribution >= 4 is 16.8 Å². The third kappa shape index (κ3) is 4.02. The molecule has 4 rings (SSSR count). The molecule has 30 heavy (non-hydrogen) atoms. The average Bonchev–Trinajstić information content (AvgIpc) is 3.38. The first kappa shape index (κ1) is 20.7. The van der Waals surface area contributed by atoms with Gasteiger partial charge in [0.15, 0.2) is 11.5 Å². The fraction of sp³-hybridized carbons (Fsp3) is 0.609. The second-order valence-corrected chi connectivity index (χ2v) is 8.77. The van der Waals surface area contributed by atoms with Crippen molar-refractivity contribution in [3.63, 3.8) is 0 Å². The highest BCUT2D eigenvalue weighted by Crippen LogP contribution is 2.49. The third-order valence-corrected chi connectivity index (χ3v) is 6.96. The molecule has 2 aliphatic carbocycles. The van der Waals surface area contributed by atoms with E-state index in [9.17, 15) is 9.59 Å². The Morgan fingerprint density at radius 2 is 2.00 bits per heavy atom. The van der Waals surface area contributed by atoms with Crippen LogP contribution in [0.15, 0.2) is 23.3 Å². The van der Waals surface area contributed by atoms with Gasteiger partial charge < -0.3 is 14.8 Å². The summed E-state index contributed by atoms with van der Waals surface area (Å²) in [5.41, 5.74) is 0.419. The maximum absolute atomic E-state index is 12.8. The Kier molecular flexibility index (Phi) is 5.97. The van der Waals surface area contributed by atoms with Crippen molar-refractivity contribution in [2.45, 2.75) is 58.0 Å². The van der Waals surface area contributed by atoms with Crippen LogP contribution in [-0.4, -0.2) is 35.7 Å². The van der Waals surface area contributed by atoms with Gasteiger partial charge in [0.1, 0.15) is 0 Å². The summed E-state index contributed by atoms with van der Waals surface area (Å²) in [6, 6.07) is 3.59. The second kappa shape index (κ2) is 8.66. The van der Waals surface area contributed by atoms with Crippen LogP contribution in [0.5, 0.6) is 11.5 Å². The number of fused-ring (bicyclic) bond motifs is 3. The van der Waals surface area contributed by atoms with Gasteiger partial charge in [0.2, 0.25) is 5.91 Å². The van der Waals surface area contributed by atoms with Crippen molar-refractivity contribution in [2.75, 3.05) is 14.2 Å².